The SMILES string of the molecule is COc1cccc(-c2noc([C@H]3CCCN(C(=O)NC4CCCCC4)C3)n2)c1. The number of rotatable bonds is 4. The van der Waals surface area contributed by atoms with Gasteiger partial charge in [-0.25, -0.2) is 4.79 Å². The summed E-state index contributed by atoms with van der Waals surface area (Å²) >= 11 is 0. The van der Waals surface area contributed by atoms with Crippen molar-refractivity contribution in [2.45, 2.75) is 56.9 Å². The summed E-state index contributed by atoms with van der Waals surface area (Å²) in [5.41, 5.74) is 0.858. The number of hydrogen-bond acceptors (Lipinski definition) is 5. The van der Waals surface area contributed by atoms with Crippen molar-refractivity contribution in [1.29, 1.82) is 0 Å². The fourth-order valence-corrected chi connectivity index (χ4v) is 4.16. The third kappa shape index (κ3) is 4.29. The van der Waals surface area contributed by atoms with Gasteiger partial charge in [0.25, 0.3) is 0 Å². The van der Waals surface area contributed by atoms with E-state index in [0.717, 1.165) is 43.5 Å². The van der Waals surface area contributed by atoms with Gasteiger partial charge in [-0.2, -0.15) is 4.98 Å². The average molecular weight is 384 g/mol. The minimum absolute atomic E-state index is 0.0455. The molecule has 0 radical (unpaired) electrons. The van der Waals surface area contributed by atoms with Crippen LogP contribution >= 0.6 is 0 Å². The van der Waals surface area contributed by atoms with E-state index in [4.69, 9.17) is 9.26 Å². The van der Waals surface area contributed by atoms with E-state index in [1.165, 1.54) is 19.3 Å². The van der Waals surface area contributed by atoms with Crippen molar-refractivity contribution in [2.75, 3.05) is 20.2 Å². The zero-order chi connectivity index (χ0) is 19.3. The van der Waals surface area contributed by atoms with Crippen LogP contribution in [0, 0.1) is 0 Å². The number of aromatic nitrogens is 2. The lowest BCUT2D eigenvalue weighted by Gasteiger charge is -2.33. The van der Waals surface area contributed by atoms with Gasteiger partial charge in [-0.3, -0.25) is 0 Å². The van der Waals surface area contributed by atoms with E-state index in [9.17, 15) is 4.79 Å². The summed E-state index contributed by atoms with van der Waals surface area (Å²) < 4.78 is 10.8. The fourth-order valence-electron chi connectivity index (χ4n) is 4.16. The Balaban J connectivity index is 1.40. The third-order valence-corrected chi connectivity index (χ3v) is 5.76. The van der Waals surface area contributed by atoms with Crippen molar-refractivity contribution in [3.05, 3.63) is 30.2 Å². The zero-order valence-electron chi connectivity index (χ0n) is 16.4. The highest BCUT2D eigenvalue weighted by molar-refractivity contribution is 5.74. The van der Waals surface area contributed by atoms with Crippen LogP contribution in [0.3, 0.4) is 0 Å². The molecule has 1 aliphatic heterocycles. The first-order valence-corrected chi connectivity index (χ1v) is 10.3. The number of nitrogens with zero attached hydrogens (tertiary/aromatic N) is 3. The van der Waals surface area contributed by atoms with Gasteiger partial charge >= 0.3 is 6.03 Å². The molecule has 1 aromatic carbocycles. The number of benzene rings is 1. The van der Waals surface area contributed by atoms with Gasteiger partial charge in [-0.1, -0.05) is 36.6 Å². The van der Waals surface area contributed by atoms with E-state index in [1.54, 1.807) is 7.11 Å². The average Bonchev–Trinajstić information content (AvgIpc) is 3.25. The number of ether oxygens (including phenoxy) is 1. The van der Waals surface area contributed by atoms with Gasteiger partial charge < -0.3 is 19.5 Å². The Kier molecular flexibility index (Phi) is 5.78. The molecule has 1 saturated carbocycles. The molecule has 2 fully saturated rings. The first kappa shape index (κ1) is 18.8. The second kappa shape index (κ2) is 8.63. The molecule has 1 saturated heterocycles. The number of piperidine rings is 1. The van der Waals surface area contributed by atoms with Crippen LogP contribution in [-0.4, -0.2) is 47.3 Å². The molecule has 2 aliphatic rings. The molecule has 1 N–H and O–H groups in total. The minimum atomic E-state index is 0.0455. The molecule has 0 spiro atoms. The minimum Gasteiger partial charge on any atom is -0.497 e. The van der Waals surface area contributed by atoms with Crippen LogP contribution in [0.2, 0.25) is 0 Å². The lowest BCUT2D eigenvalue weighted by molar-refractivity contribution is 0.166. The maximum absolute atomic E-state index is 12.7. The maximum Gasteiger partial charge on any atom is 0.317 e. The van der Waals surface area contributed by atoms with Gasteiger partial charge in [0.15, 0.2) is 0 Å². The quantitative estimate of drug-likeness (QED) is 0.863. The van der Waals surface area contributed by atoms with E-state index in [0.29, 0.717) is 24.3 Å². The molecule has 1 aromatic heterocycles. The second-order valence-electron chi connectivity index (χ2n) is 7.76. The maximum atomic E-state index is 12.7. The van der Waals surface area contributed by atoms with Crippen molar-refractivity contribution in [3.8, 4) is 17.1 Å². The van der Waals surface area contributed by atoms with Crippen molar-refractivity contribution in [1.82, 2.24) is 20.4 Å². The molecule has 0 bridgehead atoms. The number of hydrogen-bond donors (Lipinski definition) is 1. The van der Waals surface area contributed by atoms with Gasteiger partial charge in [-0.05, 0) is 37.8 Å². The number of urea groups is 1. The first-order valence-electron chi connectivity index (χ1n) is 10.3. The smallest absolute Gasteiger partial charge is 0.317 e. The summed E-state index contributed by atoms with van der Waals surface area (Å²) in [4.78, 5) is 19.2. The van der Waals surface area contributed by atoms with Crippen LogP contribution < -0.4 is 10.1 Å². The van der Waals surface area contributed by atoms with Gasteiger partial charge in [0.1, 0.15) is 5.75 Å². The molecular weight excluding hydrogens is 356 g/mol. The Morgan fingerprint density at radius 2 is 2.07 bits per heavy atom. The summed E-state index contributed by atoms with van der Waals surface area (Å²) in [6.07, 6.45) is 7.79. The van der Waals surface area contributed by atoms with E-state index >= 15 is 0 Å². The Morgan fingerprint density at radius 1 is 1.21 bits per heavy atom. The molecule has 2 heterocycles. The Hall–Kier alpha value is -2.57. The van der Waals surface area contributed by atoms with Crippen molar-refractivity contribution in [3.63, 3.8) is 0 Å². The second-order valence-corrected chi connectivity index (χ2v) is 7.76. The number of nitrogens with one attached hydrogen (secondary N) is 1. The lowest BCUT2D eigenvalue weighted by Crippen LogP contribution is -2.48. The summed E-state index contributed by atoms with van der Waals surface area (Å²) in [5, 5.41) is 7.35. The highest BCUT2D eigenvalue weighted by Gasteiger charge is 2.29. The number of methoxy groups -OCH3 is 1. The van der Waals surface area contributed by atoms with Crippen molar-refractivity contribution >= 4 is 6.03 Å². The molecular formula is C21H28N4O3. The van der Waals surface area contributed by atoms with Gasteiger partial charge in [0, 0.05) is 24.7 Å². The predicted octanol–water partition coefficient (Wildman–Crippen LogP) is 3.97. The predicted molar refractivity (Wildman–Crippen MR) is 105 cm³/mol. The topological polar surface area (TPSA) is 80.5 Å². The van der Waals surface area contributed by atoms with E-state index in [2.05, 4.69) is 15.5 Å². The number of carbonyl (C=O) groups is 1. The van der Waals surface area contributed by atoms with Crippen LogP contribution in [0.15, 0.2) is 28.8 Å². The molecule has 7 nitrogen and oxygen atoms in total. The normalized spacial score (nSPS) is 20.8. The number of carbonyl (C=O) groups excluding carboxylic acids is 1. The largest absolute Gasteiger partial charge is 0.497 e. The van der Waals surface area contributed by atoms with E-state index < -0.39 is 0 Å². The van der Waals surface area contributed by atoms with Gasteiger partial charge in [0.05, 0.1) is 13.0 Å². The van der Waals surface area contributed by atoms with Gasteiger partial charge in [0.2, 0.25) is 11.7 Å². The summed E-state index contributed by atoms with van der Waals surface area (Å²) in [6, 6.07) is 7.98. The van der Waals surface area contributed by atoms with E-state index in [1.807, 2.05) is 29.2 Å². The van der Waals surface area contributed by atoms with Crippen LogP contribution in [-0.2, 0) is 0 Å². The summed E-state index contributed by atoms with van der Waals surface area (Å²) in [5.74, 6) is 2.00. The molecule has 2 aromatic rings. The first-order chi connectivity index (χ1) is 13.7. The Morgan fingerprint density at radius 3 is 2.89 bits per heavy atom. The molecule has 7 heteroatoms. The monoisotopic (exact) mass is 384 g/mol. The summed E-state index contributed by atoms with van der Waals surface area (Å²) in [6.45, 7) is 1.41. The third-order valence-electron chi connectivity index (χ3n) is 5.76. The molecule has 4 rings (SSSR count). The highest BCUT2D eigenvalue weighted by atomic mass is 16.5. The standard InChI is InChI=1S/C21H28N4O3/c1-27-18-11-5-7-15(13-18)19-23-20(28-24-19)16-8-6-12-25(14-16)21(26)22-17-9-3-2-4-10-17/h5,7,11,13,16-17H,2-4,6,8-10,12,14H2,1H3,(H,22,26)/t16-/m0/s1. The number of amides is 2. The molecule has 1 atom stereocenters. The Labute approximate surface area is 165 Å². The number of likely N-dealkylation sites (tertiary alicyclic amines) is 1. The molecule has 28 heavy (non-hydrogen) atoms. The Bertz CT molecular complexity index is 800. The highest BCUT2D eigenvalue weighted by Crippen LogP contribution is 2.29. The van der Waals surface area contributed by atoms with Crippen LogP contribution in [0.25, 0.3) is 11.4 Å². The molecule has 2 amide bonds. The van der Waals surface area contributed by atoms with Crippen molar-refractivity contribution in [2.24, 2.45) is 0 Å². The molecule has 0 unspecified atom stereocenters. The van der Waals surface area contributed by atoms with Crippen LogP contribution in [0.4, 0.5) is 4.79 Å². The van der Waals surface area contributed by atoms with E-state index in [-0.39, 0.29) is 11.9 Å². The molecule has 1 aliphatic carbocycles. The van der Waals surface area contributed by atoms with Gasteiger partial charge in [-0.15, -0.1) is 0 Å². The van der Waals surface area contributed by atoms with Crippen LogP contribution in [0.5, 0.6) is 5.75 Å². The fraction of sp³-hybridized carbons (Fsp3) is 0.571. The van der Waals surface area contributed by atoms with Crippen LogP contribution in [0.1, 0.15) is 56.8 Å². The van der Waals surface area contributed by atoms with Crippen molar-refractivity contribution < 1.29 is 14.1 Å². The summed E-state index contributed by atoms with van der Waals surface area (Å²) in [7, 11) is 1.63. The molecule has 150 valence electrons. The zero-order valence-corrected chi connectivity index (χ0v) is 16.4. The lowest BCUT2D eigenvalue weighted by atomic mass is 9.95.